The highest BCUT2D eigenvalue weighted by Crippen LogP contribution is 2.37. The minimum atomic E-state index is -2.73. The monoisotopic (exact) mass is 357 g/mol. The van der Waals surface area contributed by atoms with Crippen LogP contribution < -0.4 is 10.2 Å². The van der Waals surface area contributed by atoms with Gasteiger partial charge in [-0.1, -0.05) is 0 Å². The minimum Gasteiger partial charge on any atom is -0.462 e. The second-order valence-corrected chi connectivity index (χ2v) is 5.74. The van der Waals surface area contributed by atoms with E-state index in [9.17, 15) is 23.7 Å². The predicted octanol–water partition coefficient (Wildman–Crippen LogP) is 3.44. The van der Waals surface area contributed by atoms with E-state index in [1.807, 2.05) is 0 Å². The maximum absolute atomic E-state index is 13.4. The van der Waals surface area contributed by atoms with Crippen LogP contribution in [0.5, 0.6) is 0 Å². The molecule has 1 aliphatic rings. The summed E-state index contributed by atoms with van der Waals surface area (Å²) in [6.45, 7) is 4.08. The maximum Gasteiger partial charge on any atom is 0.340 e. The lowest BCUT2D eigenvalue weighted by Crippen LogP contribution is -2.40. The first-order valence-electron chi connectivity index (χ1n) is 8.15. The molecule has 0 radical (unpaired) electrons. The van der Waals surface area contributed by atoms with Crippen LogP contribution in [0.15, 0.2) is 12.1 Å². The summed E-state index contributed by atoms with van der Waals surface area (Å²) in [7, 11) is 0. The Morgan fingerprint density at radius 2 is 2.00 bits per heavy atom. The Morgan fingerprint density at radius 3 is 2.52 bits per heavy atom. The minimum absolute atomic E-state index is 0.0143. The van der Waals surface area contributed by atoms with Gasteiger partial charge in [0.2, 0.25) is 0 Å². The number of carbonyl (C=O) groups excluding carboxylic acids is 1. The quantitative estimate of drug-likeness (QED) is 0.477. The highest BCUT2D eigenvalue weighted by atomic mass is 19.3. The van der Waals surface area contributed by atoms with E-state index in [-0.39, 0.29) is 49.5 Å². The molecule has 1 aromatic carbocycles. The standard InChI is InChI=1S/C16H21F2N3O4/c1-3-19-12-10-13(20-7-5-16(17,18)6-8-20)11(15(22)25-4-2)9-14(12)21(23)24/h9-10,19H,3-8H2,1-2H3. The number of halogens is 2. The highest BCUT2D eigenvalue weighted by molar-refractivity contribution is 5.98. The topological polar surface area (TPSA) is 84.7 Å². The molecule has 0 aromatic heterocycles. The molecule has 1 aromatic rings. The molecule has 2 rings (SSSR count). The van der Waals surface area contributed by atoms with Crippen LogP contribution in [0.1, 0.15) is 37.0 Å². The number of hydrogen-bond donors (Lipinski definition) is 1. The smallest absolute Gasteiger partial charge is 0.340 e. The molecule has 1 aliphatic heterocycles. The Balaban J connectivity index is 2.49. The van der Waals surface area contributed by atoms with Gasteiger partial charge in [0.05, 0.1) is 22.8 Å². The van der Waals surface area contributed by atoms with Crippen LogP contribution in [0.3, 0.4) is 0 Å². The van der Waals surface area contributed by atoms with Crippen molar-refractivity contribution in [1.82, 2.24) is 0 Å². The molecule has 0 saturated carbocycles. The lowest BCUT2D eigenvalue weighted by Gasteiger charge is -2.34. The van der Waals surface area contributed by atoms with Crippen molar-refractivity contribution in [1.29, 1.82) is 0 Å². The zero-order valence-electron chi connectivity index (χ0n) is 14.2. The summed E-state index contributed by atoms with van der Waals surface area (Å²) in [5.41, 5.74) is 0.375. The van der Waals surface area contributed by atoms with E-state index in [1.165, 1.54) is 6.07 Å². The number of anilines is 2. The SMILES string of the molecule is CCNc1cc(N2CCC(F)(F)CC2)c(C(=O)OCC)cc1[N+](=O)[O-]. The number of nitrogens with zero attached hydrogens (tertiary/aromatic N) is 2. The molecule has 25 heavy (non-hydrogen) atoms. The summed E-state index contributed by atoms with van der Waals surface area (Å²) in [4.78, 5) is 24.6. The molecule has 0 atom stereocenters. The number of nitro benzene ring substituents is 1. The third-order valence-electron chi connectivity index (χ3n) is 4.01. The number of nitrogens with one attached hydrogen (secondary N) is 1. The first-order chi connectivity index (χ1) is 11.8. The molecule has 0 unspecified atom stereocenters. The fourth-order valence-corrected chi connectivity index (χ4v) is 2.77. The van der Waals surface area contributed by atoms with Gasteiger partial charge in [0.25, 0.3) is 11.6 Å². The van der Waals surface area contributed by atoms with E-state index in [0.29, 0.717) is 12.2 Å². The molecule has 1 fully saturated rings. The number of nitro groups is 1. The molecule has 0 aliphatic carbocycles. The summed E-state index contributed by atoms with van der Waals surface area (Å²) in [5.74, 6) is -3.44. The van der Waals surface area contributed by atoms with Gasteiger partial charge in [-0.05, 0) is 19.9 Å². The number of piperidine rings is 1. The zero-order valence-corrected chi connectivity index (χ0v) is 14.2. The van der Waals surface area contributed by atoms with Crippen molar-refractivity contribution in [2.24, 2.45) is 0 Å². The Morgan fingerprint density at radius 1 is 1.36 bits per heavy atom. The average Bonchev–Trinajstić information content (AvgIpc) is 2.54. The highest BCUT2D eigenvalue weighted by Gasteiger charge is 2.36. The summed E-state index contributed by atoms with van der Waals surface area (Å²) in [5, 5.41) is 14.2. The van der Waals surface area contributed by atoms with E-state index < -0.39 is 16.8 Å². The number of ether oxygens (including phenoxy) is 1. The number of benzene rings is 1. The third-order valence-corrected chi connectivity index (χ3v) is 4.01. The van der Waals surface area contributed by atoms with Gasteiger partial charge in [0, 0.05) is 38.5 Å². The molecule has 7 nitrogen and oxygen atoms in total. The largest absolute Gasteiger partial charge is 0.462 e. The summed E-state index contributed by atoms with van der Waals surface area (Å²) >= 11 is 0. The van der Waals surface area contributed by atoms with Crippen molar-refractivity contribution in [3.63, 3.8) is 0 Å². The van der Waals surface area contributed by atoms with Crippen molar-refractivity contribution in [3.05, 3.63) is 27.8 Å². The van der Waals surface area contributed by atoms with Gasteiger partial charge < -0.3 is 15.0 Å². The summed E-state index contributed by atoms with van der Waals surface area (Å²) in [6, 6.07) is 2.62. The number of hydrogen-bond acceptors (Lipinski definition) is 6. The Labute approximate surface area is 144 Å². The average molecular weight is 357 g/mol. The van der Waals surface area contributed by atoms with Gasteiger partial charge in [-0.2, -0.15) is 0 Å². The van der Waals surface area contributed by atoms with Crippen LogP contribution in [0.4, 0.5) is 25.8 Å². The molecule has 0 bridgehead atoms. The van der Waals surface area contributed by atoms with E-state index >= 15 is 0 Å². The molecule has 0 spiro atoms. The molecule has 1 N–H and O–H groups in total. The van der Waals surface area contributed by atoms with Crippen LogP contribution in [0.25, 0.3) is 0 Å². The molecule has 1 saturated heterocycles. The van der Waals surface area contributed by atoms with Crippen molar-refractivity contribution >= 4 is 23.0 Å². The third kappa shape index (κ3) is 4.34. The molecule has 1 heterocycles. The van der Waals surface area contributed by atoms with Crippen molar-refractivity contribution in [2.45, 2.75) is 32.6 Å². The predicted molar refractivity (Wildman–Crippen MR) is 89.6 cm³/mol. The van der Waals surface area contributed by atoms with Crippen LogP contribution in [0, 0.1) is 10.1 Å². The Bertz CT molecular complexity index is 657. The molecular formula is C16H21F2N3O4. The summed E-state index contributed by atoms with van der Waals surface area (Å²) < 4.78 is 31.8. The number of rotatable bonds is 6. The Hall–Kier alpha value is -2.45. The lowest BCUT2D eigenvalue weighted by molar-refractivity contribution is -0.384. The van der Waals surface area contributed by atoms with E-state index in [2.05, 4.69) is 5.32 Å². The van der Waals surface area contributed by atoms with Gasteiger partial charge in [-0.3, -0.25) is 10.1 Å². The second kappa shape index (κ2) is 7.62. The normalized spacial score (nSPS) is 16.4. The second-order valence-electron chi connectivity index (χ2n) is 5.74. The number of carbonyl (C=O) groups is 1. The molecular weight excluding hydrogens is 336 g/mol. The Kier molecular flexibility index (Phi) is 5.76. The van der Waals surface area contributed by atoms with E-state index in [1.54, 1.807) is 18.7 Å². The zero-order chi connectivity index (χ0) is 18.6. The molecule has 9 heteroatoms. The van der Waals surface area contributed by atoms with E-state index in [4.69, 9.17) is 4.74 Å². The van der Waals surface area contributed by atoms with E-state index in [0.717, 1.165) is 6.07 Å². The summed E-state index contributed by atoms with van der Waals surface area (Å²) in [6.07, 6.45) is -0.661. The first-order valence-corrected chi connectivity index (χ1v) is 8.15. The number of alkyl halides is 2. The van der Waals surface area contributed by atoms with Crippen LogP contribution >= 0.6 is 0 Å². The van der Waals surface area contributed by atoms with Crippen molar-refractivity contribution < 1.29 is 23.2 Å². The van der Waals surface area contributed by atoms with Gasteiger partial charge in [-0.25, -0.2) is 13.6 Å². The first kappa shape index (κ1) is 18.9. The van der Waals surface area contributed by atoms with Gasteiger partial charge in [0.1, 0.15) is 5.69 Å². The van der Waals surface area contributed by atoms with Crippen LogP contribution in [0.2, 0.25) is 0 Å². The fourth-order valence-electron chi connectivity index (χ4n) is 2.77. The molecule has 0 amide bonds. The van der Waals surface area contributed by atoms with Crippen LogP contribution in [-0.2, 0) is 4.74 Å². The van der Waals surface area contributed by atoms with Crippen LogP contribution in [-0.4, -0.2) is 43.1 Å². The number of esters is 1. The van der Waals surface area contributed by atoms with Gasteiger partial charge in [0.15, 0.2) is 0 Å². The lowest BCUT2D eigenvalue weighted by atomic mass is 10.0. The molecule has 138 valence electrons. The van der Waals surface area contributed by atoms with Gasteiger partial charge in [-0.15, -0.1) is 0 Å². The fraction of sp³-hybridized carbons (Fsp3) is 0.562. The van der Waals surface area contributed by atoms with Crippen molar-refractivity contribution in [3.8, 4) is 0 Å². The van der Waals surface area contributed by atoms with Crippen molar-refractivity contribution in [2.75, 3.05) is 36.5 Å². The maximum atomic E-state index is 13.4. The van der Waals surface area contributed by atoms with Gasteiger partial charge >= 0.3 is 5.97 Å².